The molecule has 4 aliphatic heterocycles. The number of β-amino-alcohol motifs (C(OH)–C–C–N with tert-alkyl or cyclic N) is 1. The van der Waals surface area contributed by atoms with Crippen molar-refractivity contribution in [2.75, 3.05) is 50.0 Å². The summed E-state index contributed by atoms with van der Waals surface area (Å²) in [6.07, 6.45) is 6.37. The standard InChI is InChI=1S/C57H68ClFN12O5S/c1-31(33-12-14-34(15-13-33)51-32(2)62-30-77-51)63-54(74)45-22-38(72)27-71(45)55(75)52(57(3,4)5)65-46(73)11-7-8-20-69-21-9-10-37(69)29-76-56-66-50-39(53(67-56)70-25-35-16-17-36(26-70)64-35)23-42(58)48(49(50)59)41-28-68(6)44-19-18-43(61)40(24-60)47(41)44/h12-15,18-19,23,28,30-31,35-38,45,52,64,72H,7-11,16-17,20-22,25-27,29,61H2,1-6H3,(H,63,74)(H,65,73)/t31-,35?,36?,37-,38+,45-,52+/m0/s1. The normalized spacial score (nSPS) is 21.4. The number of hydrogen-bond donors (Lipinski definition) is 5. The largest absolute Gasteiger partial charge is 0.462 e. The van der Waals surface area contributed by atoms with Gasteiger partial charge in [-0.2, -0.15) is 15.2 Å². The number of halogens is 2. The Balaban J connectivity index is 0.776. The highest BCUT2D eigenvalue weighted by Crippen LogP contribution is 2.44. The molecule has 6 N–H and O–H groups in total. The molecule has 0 aliphatic carbocycles. The fourth-order valence-electron chi connectivity index (χ4n) is 11.9. The number of aryl methyl sites for hydroxylation is 2. The van der Waals surface area contributed by atoms with Gasteiger partial charge in [0.1, 0.15) is 36.1 Å². The number of hydrogen-bond acceptors (Lipinski definition) is 14. The Morgan fingerprint density at radius 2 is 1.82 bits per heavy atom. The van der Waals surface area contributed by atoms with Crippen LogP contribution in [0.15, 0.2) is 54.2 Å². The summed E-state index contributed by atoms with van der Waals surface area (Å²) in [6.45, 7) is 12.7. The summed E-state index contributed by atoms with van der Waals surface area (Å²) in [5, 5.41) is 31.8. The first-order valence-electron chi connectivity index (χ1n) is 26.8. The molecule has 7 atom stereocenters. The fraction of sp³-hybridized carbons (Fsp3) is 0.491. The lowest BCUT2D eigenvalue weighted by atomic mass is 9.85. The van der Waals surface area contributed by atoms with Crippen molar-refractivity contribution in [2.45, 2.75) is 128 Å². The van der Waals surface area contributed by atoms with Crippen LogP contribution in [0.5, 0.6) is 6.01 Å². The molecular weight excluding hydrogens is 1020 g/mol. The number of nitrogens with one attached hydrogen (secondary N) is 3. The van der Waals surface area contributed by atoms with Gasteiger partial charge in [-0.15, -0.1) is 11.3 Å². The highest BCUT2D eigenvalue weighted by Gasteiger charge is 2.45. The topological polar surface area (TPSA) is 220 Å². The molecule has 3 aromatic heterocycles. The molecule has 77 heavy (non-hydrogen) atoms. The van der Waals surface area contributed by atoms with Crippen LogP contribution in [0.25, 0.3) is 43.4 Å². The minimum Gasteiger partial charge on any atom is -0.462 e. The van der Waals surface area contributed by atoms with E-state index < -0.39 is 35.3 Å². The molecule has 20 heteroatoms. The van der Waals surface area contributed by atoms with Crippen molar-refractivity contribution in [3.63, 3.8) is 0 Å². The summed E-state index contributed by atoms with van der Waals surface area (Å²) in [5.74, 6) is -1.12. The summed E-state index contributed by atoms with van der Waals surface area (Å²) in [7, 11) is 1.83. The van der Waals surface area contributed by atoms with Gasteiger partial charge in [-0.3, -0.25) is 19.3 Å². The Bertz CT molecular complexity index is 3250. The van der Waals surface area contributed by atoms with Gasteiger partial charge in [0.25, 0.3) is 0 Å². The Morgan fingerprint density at radius 1 is 1.06 bits per heavy atom. The second-order valence-electron chi connectivity index (χ2n) is 22.5. The molecule has 7 heterocycles. The molecule has 406 valence electrons. The highest BCUT2D eigenvalue weighted by atomic mass is 35.5. The van der Waals surface area contributed by atoms with Crippen molar-refractivity contribution >= 4 is 74.0 Å². The number of nitrogens with two attached hydrogens (primary N) is 1. The minimum absolute atomic E-state index is 0.0116. The number of carbonyl (C=O) groups excluding carboxylic acids is 3. The van der Waals surface area contributed by atoms with Crippen molar-refractivity contribution in [3.05, 3.63) is 81.8 Å². The molecular formula is C57H68ClFN12O5S. The zero-order valence-electron chi connectivity index (χ0n) is 44.5. The lowest BCUT2D eigenvalue weighted by Gasteiger charge is -2.35. The average molecular weight is 1090 g/mol. The van der Waals surface area contributed by atoms with Crippen molar-refractivity contribution in [1.29, 1.82) is 5.26 Å². The van der Waals surface area contributed by atoms with Crippen LogP contribution in [0.3, 0.4) is 0 Å². The van der Waals surface area contributed by atoms with Crippen molar-refractivity contribution in [1.82, 2.24) is 45.3 Å². The molecule has 17 nitrogen and oxygen atoms in total. The first-order chi connectivity index (χ1) is 36.9. The van der Waals surface area contributed by atoms with Gasteiger partial charge in [-0.1, -0.05) is 56.6 Å². The van der Waals surface area contributed by atoms with Crippen LogP contribution in [-0.2, 0) is 21.4 Å². The number of thiazole rings is 1. The Morgan fingerprint density at radius 3 is 2.52 bits per heavy atom. The number of likely N-dealkylation sites (tertiary alicyclic amines) is 2. The van der Waals surface area contributed by atoms with E-state index in [0.717, 1.165) is 53.9 Å². The van der Waals surface area contributed by atoms with Crippen LogP contribution in [0.4, 0.5) is 15.9 Å². The molecule has 0 saturated carbocycles. The Labute approximate surface area is 457 Å². The van der Waals surface area contributed by atoms with Crippen LogP contribution in [0, 0.1) is 29.5 Å². The van der Waals surface area contributed by atoms with Crippen molar-refractivity contribution in [2.24, 2.45) is 12.5 Å². The SMILES string of the molecule is Cc1ncsc1-c1ccc([C@H](C)NC(=O)[C@@H]2C[C@@H](O)CN2C(=O)[C@@H](NC(=O)CCCCN2CCC[C@H]2COc2nc(N3CC4CCC(C3)N4)c3cc(Cl)c(-c4cn(C)c5ccc(N)c(C#N)c45)c(F)c3n2)C(C)(C)C)cc1. The number of nitrogen functional groups attached to an aromatic ring is 1. The number of aromatic nitrogens is 4. The number of anilines is 2. The predicted octanol–water partition coefficient (Wildman–Crippen LogP) is 7.79. The molecule has 3 aromatic carbocycles. The van der Waals surface area contributed by atoms with E-state index in [4.69, 9.17) is 32.0 Å². The summed E-state index contributed by atoms with van der Waals surface area (Å²) in [4.78, 5) is 62.9. The minimum atomic E-state index is -0.929. The molecule has 10 rings (SSSR count). The van der Waals surface area contributed by atoms with E-state index in [1.807, 2.05) is 76.0 Å². The molecule has 2 bridgehead atoms. The second-order valence-corrected chi connectivity index (χ2v) is 23.7. The molecule has 2 unspecified atom stereocenters. The molecule has 4 fully saturated rings. The molecule has 3 amide bonds. The van der Waals surface area contributed by atoms with Crippen LogP contribution in [0.1, 0.15) is 102 Å². The van der Waals surface area contributed by atoms with Crippen LogP contribution < -0.4 is 31.3 Å². The molecule has 0 radical (unpaired) electrons. The van der Waals surface area contributed by atoms with Gasteiger partial charge in [-0.05, 0) is 100 Å². The van der Waals surface area contributed by atoms with E-state index >= 15 is 4.39 Å². The number of benzene rings is 3. The van der Waals surface area contributed by atoms with Gasteiger partial charge in [0, 0.05) is 91.3 Å². The summed E-state index contributed by atoms with van der Waals surface area (Å²) in [6, 6.07) is 13.8. The van der Waals surface area contributed by atoms with Crippen LogP contribution in [0.2, 0.25) is 5.02 Å². The zero-order chi connectivity index (χ0) is 54.4. The number of aliphatic hydroxyl groups is 1. The first-order valence-corrected chi connectivity index (χ1v) is 28.1. The predicted molar refractivity (Wildman–Crippen MR) is 298 cm³/mol. The number of amides is 3. The fourth-order valence-corrected chi connectivity index (χ4v) is 13.0. The number of aliphatic hydroxyl groups excluding tert-OH is 1. The maximum atomic E-state index is 17.4. The van der Waals surface area contributed by atoms with Gasteiger partial charge in [-0.25, -0.2) is 9.37 Å². The number of carbonyl (C=O) groups is 3. The smallest absolute Gasteiger partial charge is 0.319 e. The summed E-state index contributed by atoms with van der Waals surface area (Å²) in [5.41, 5.74) is 12.2. The van der Waals surface area contributed by atoms with Crippen LogP contribution >= 0.6 is 22.9 Å². The molecule has 0 spiro atoms. The maximum absolute atomic E-state index is 17.4. The number of unbranched alkanes of at least 4 members (excludes halogenated alkanes) is 1. The van der Waals surface area contributed by atoms with Crippen molar-refractivity contribution < 1.29 is 28.6 Å². The lowest BCUT2D eigenvalue weighted by Crippen LogP contribution is -2.57. The van der Waals surface area contributed by atoms with Crippen molar-refractivity contribution in [3.8, 4) is 33.6 Å². The summed E-state index contributed by atoms with van der Waals surface area (Å²) >= 11 is 8.61. The van der Waals surface area contributed by atoms with Gasteiger partial charge in [0.2, 0.25) is 17.7 Å². The monoisotopic (exact) mass is 1090 g/mol. The number of rotatable bonds is 16. The van der Waals surface area contributed by atoms with Gasteiger partial charge in [0.05, 0.1) is 44.5 Å². The Kier molecular flexibility index (Phi) is 15.5. The number of ether oxygens (including phenoxy) is 1. The quantitative estimate of drug-likeness (QED) is 0.0462. The highest BCUT2D eigenvalue weighted by molar-refractivity contribution is 7.13. The number of nitrogens with zero attached hydrogens (tertiary/aromatic N) is 8. The third kappa shape index (κ3) is 11.0. The third-order valence-electron chi connectivity index (χ3n) is 16.0. The number of piperazine rings is 1. The van der Waals surface area contributed by atoms with Gasteiger partial charge >= 0.3 is 6.01 Å². The van der Waals surface area contributed by atoms with Crippen LogP contribution in [-0.4, -0.2) is 128 Å². The van der Waals surface area contributed by atoms with Gasteiger partial charge < -0.3 is 45.9 Å². The lowest BCUT2D eigenvalue weighted by molar-refractivity contribution is -0.144. The number of fused-ring (bicyclic) bond motifs is 4. The van der Waals surface area contributed by atoms with E-state index in [9.17, 15) is 24.8 Å². The molecule has 4 aliphatic rings. The average Bonchev–Trinajstić information content (AvgIpc) is 4.33. The first kappa shape index (κ1) is 53.9. The van der Waals surface area contributed by atoms with E-state index in [1.54, 1.807) is 35.7 Å². The third-order valence-corrected chi connectivity index (χ3v) is 17.3. The second kappa shape index (κ2) is 22.1. The van der Waals surface area contributed by atoms with E-state index in [1.165, 1.54) is 4.90 Å². The summed E-state index contributed by atoms with van der Waals surface area (Å²) < 4.78 is 25.7. The molecule has 4 saturated heterocycles. The molecule has 6 aromatic rings. The zero-order valence-corrected chi connectivity index (χ0v) is 46.1. The van der Waals surface area contributed by atoms with E-state index in [0.29, 0.717) is 60.1 Å². The van der Waals surface area contributed by atoms with Gasteiger partial charge in [0.15, 0.2) is 5.82 Å². The maximum Gasteiger partial charge on any atom is 0.319 e. The van der Waals surface area contributed by atoms with E-state index in [2.05, 4.69) is 36.8 Å². The number of nitriles is 1. The Hall–Kier alpha value is -6.43. The van der Waals surface area contributed by atoms with E-state index in [-0.39, 0.29) is 95.3 Å².